The third-order valence-corrected chi connectivity index (χ3v) is 3.92. The first-order valence-corrected chi connectivity index (χ1v) is 7.02. The molecule has 1 aromatic carbocycles. The van der Waals surface area contributed by atoms with Gasteiger partial charge in [-0.1, -0.05) is 6.07 Å². The van der Waals surface area contributed by atoms with E-state index in [4.69, 9.17) is 9.84 Å². The normalized spacial score (nSPS) is 10.3. The van der Waals surface area contributed by atoms with Crippen molar-refractivity contribution in [1.82, 2.24) is 0 Å². The molecule has 5 heteroatoms. The average Bonchev–Trinajstić information content (AvgIpc) is 2.84. The van der Waals surface area contributed by atoms with Crippen LogP contribution in [0.5, 0.6) is 5.75 Å². The molecular weight excluding hydrogens is 316 g/mol. The molecule has 0 amide bonds. The molecule has 0 aliphatic rings. The molecule has 0 saturated carbocycles. The number of hydrogen-bond donors (Lipinski definition) is 1. The van der Waals surface area contributed by atoms with Gasteiger partial charge in [0.1, 0.15) is 5.75 Å². The lowest BCUT2D eigenvalue weighted by atomic mass is 10.2. The number of rotatable bonds is 5. The van der Waals surface area contributed by atoms with Crippen LogP contribution in [0.25, 0.3) is 0 Å². The first-order valence-electron chi connectivity index (χ1n) is 5.35. The van der Waals surface area contributed by atoms with Gasteiger partial charge in [0.15, 0.2) is 0 Å². The van der Waals surface area contributed by atoms with E-state index in [1.54, 1.807) is 23.5 Å². The van der Waals surface area contributed by atoms with Gasteiger partial charge in [0, 0.05) is 11.3 Å². The Bertz CT molecular complexity index is 537. The Morgan fingerprint density at radius 1 is 1.39 bits per heavy atom. The first kappa shape index (κ1) is 13.1. The van der Waals surface area contributed by atoms with Crippen molar-refractivity contribution >= 4 is 33.2 Å². The summed E-state index contributed by atoms with van der Waals surface area (Å²) in [6.45, 7) is 0.575. The lowest BCUT2D eigenvalue weighted by Gasteiger charge is -2.08. The highest BCUT2D eigenvalue weighted by molar-refractivity contribution is 9.10. The van der Waals surface area contributed by atoms with E-state index >= 15 is 0 Å². The van der Waals surface area contributed by atoms with Crippen LogP contribution in [0.1, 0.15) is 15.2 Å². The number of hydrogen-bond acceptors (Lipinski definition) is 3. The summed E-state index contributed by atoms with van der Waals surface area (Å²) in [6.07, 6.45) is 0.852. The van der Waals surface area contributed by atoms with Crippen LogP contribution in [0.15, 0.2) is 40.2 Å². The number of carboxylic acid groups (broad SMARTS) is 1. The third-order valence-electron chi connectivity index (χ3n) is 2.36. The molecule has 0 unspecified atom stereocenters. The molecule has 1 heterocycles. The Morgan fingerprint density at radius 2 is 2.22 bits per heavy atom. The maximum absolute atomic E-state index is 10.8. The summed E-state index contributed by atoms with van der Waals surface area (Å²) in [5.41, 5.74) is 0.243. The summed E-state index contributed by atoms with van der Waals surface area (Å²) in [5, 5.41) is 10.9. The number of ether oxygens (including phenoxy) is 1. The highest BCUT2D eigenvalue weighted by atomic mass is 79.9. The number of benzene rings is 1. The van der Waals surface area contributed by atoms with Crippen LogP contribution in [-0.2, 0) is 6.42 Å². The van der Waals surface area contributed by atoms with Crippen LogP contribution in [0.3, 0.4) is 0 Å². The Balaban J connectivity index is 1.95. The zero-order chi connectivity index (χ0) is 13.0. The minimum atomic E-state index is -0.944. The van der Waals surface area contributed by atoms with Crippen LogP contribution in [-0.4, -0.2) is 17.7 Å². The fourth-order valence-corrected chi connectivity index (χ4v) is 2.65. The Labute approximate surface area is 117 Å². The topological polar surface area (TPSA) is 46.5 Å². The van der Waals surface area contributed by atoms with Crippen LogP contribution in [0.4, 0.5) is 0 Å². The summed E-state index contributed by atoms with van der Waals surface area (Å²) in [5.74, 6) is -0.280. The molecule has 0 aliphatic heterocycles. The van der Waals surface area contributed by atoms with Crippen molar-refractivity contribution in [3.05, 3.63) is 50.6 Å². The predicted molar refractivity (Wildman–Crippen MR) is 74.6 cm³/mol. The van der Waals surface area contributed by atoms with E-state index in [0.717, 1.165) is 6.42 Å². The zero-order valence-corrected chi connectivity index (χ0v) is 11.8. The molecule has 2 aromatic rings. The lowest BCUT2D eigenvalue weighted by molar-refractivity contribution is 0.0697. The molecule has 1 N–H and O–H groups in total. The van der Waals surface area contributed by atoms with Crippen molar-refractivity contribution in [2.24, 2.45) is 0 Å². The smallest absolute Gasteiger partial charge is 0.335 e. The molecule has 0 bridgehead atoms. The van der Waals surface area contributed by atoms with Crippen LogP contribution in [0.2, 0.25) is 0 Å². The standard InChI is InChI=1S/C13H11BrO3S/c14-11-8-9(13(15)16)3-4-12(11)17-6-5-10-2-1-7-18-10/h1-4,7-8H,5-6H2,(H,15,16). The molecule has 0 radical (unpaired) electrons. The molecule has 18 heavy (non-hydrogen) atoms. The van der Waals surface area contributed by atoms with E-state index in [1.807, 2.05) is 11.4 Å². The Kier molecular flexibility index (Phi) is 4.38. The van der Waals surface area contributed by atoms with E-state index in [1.165, 1.54) is 10.9 Å². The second-order valence-electron chi connectivity index (χ2n) is 3.63. The average molecular weight is 327 g/mol. The summed E-state index contributed by atoms with van der Waals surface area (Å²) in [4.78, 5) is 12.0. The number of thiophene rings is 1. The second kappa shape index (κ2) is 6.02. The second-order valence-corrected chi connectivity index (χ2v) is 5.51. The largest absolute Gasteiger partial charge is 0.492 e. The van der Waals surface area contributed by atoms with Crippen LogP contribution >= 0.6 is 27.3 Å². The molecule has 0 fully saturated rings. The van der Waals surface area contributed by atoms with Crippen molar-refractivity contribution in [2.45, 2.75) is 6.42 Å². The van der Waals surface area contributed by atoms with E-state index in [-0.39, 0.29) is 5.56 Å². The fraction of sp³-hybridized carbons (Fsp3) is 0.154. The number of aromatic carboxylic acids is 1. The fourth-order valence-electron chi connectivity index (χ4n) is 1.47. The van der Waals surface area contributed by atoms with Gasteiger partial charge in [0.2, 0.25) is 0 Å². The summed E-state index contributed by atoms with van der Waals surface area (Å²) < 4.78 is 6.27. The number of carboxylic acids is 1. The maximum Gasteiger partial charge on any atom is 0.335 e. The molecule has 2 rings (SSSR count). The monoisotopic (exact) mass is 326 g/mol. The summed E-state index contributed by atoms with van der Waals surface area (Å²) in [7, 11) is 0. The van der Waals surface area contributed by atoms with Crippen LogP contribution in [0, 0.1) is 0 Å². The van der Waals surface area contributed by atoms with Crippen molar-refractivity contribution in [3.8, 4) is 5.75 Å². The number of halogens is 1. The van der Waals surface area contributed by atoms with Gasteiger partial charge in [0.25, 0.3) is 0 Å². The lowest BCUT2D eigenvalue weighted by Crippen LogP contribution is -2.02. The van der Waals surface area contributed by atoms with E-state index in [9.17, 15) is 4.79 Å². The van der Waals surface area contributed by atoms with Crippen molar-refractivity contribution in [2.75, 3.05) is 6.61 Å². The van der Waals surface area contributed by atoms with Gasteiger partial charge in [-0.3, -0.25) is 0 Å². The minimum absolute atomic E-state index is 0.243. The maximum atomic E-state index is 10.8. The van der Waals surface area contributed by atoms with Gasteiger partial charge in [-0.15, -0.1) is 11.3 Å². The van der Waals surface area contributed by atoms with Gasteiger partial charge in [-0.2, -0.15) is 0 Å². The van der Waals surface area contributed by atoms with Gasteiger partial charge in [-0.25, -0.2) is 4.79 Å². The van der Waals surface area contributed by atoms with Gasteiger partial charge in [0.05, 0.1) is 16.6 Å². The van der Waals surface area contributed by atoms with E-state index < -0.39 is 5.97 Å². The summed E-state index contributed by atoms with van der Waals surface area (Å²) in [6, 6.07) is 8.83. The van der Waals surface area contributed by atoms with Gasteiger partial charge >= 0.3 is 5.97 Å². The van der Waals surface area contributed by atoms with Crippen molar-refractivity contribution in [1.29, 1.82) is 0 Å². The van der Waals surface area contributed by atoms with Crippen molar-refractivity contribution < 1.29 is 14.6 Å². The van der Waals surface area contributed by atoms with Gasteiger partial charge < -0.3 is 9.84 Å². The number of carbonyl (C=O) groups is 1. The van der Waals surface area contributed by atoms with Crippen LogP contribution < -0.4 is 4.74 Å². The highest BCUT2D eigenvalue weighted by Crippen LogP contribution is 2.26. The molecule has 0 saturated heterocycles. The molecule has 0 aliphatic carbocycles. The van der Waals surface area contributed by atoms with Crippen molar-refractivity contribution in [3.63, 3.8) is 0 Å². The first-order chi connectivity index (χ1) is 8.66. The third kappa shape index (κ3) is 3.34. The predicted octanol–water partition coefficient (Wildman–Crippen LogP) is 3.83. The van der Waals surface area contributed by atoms with Gasteiger partial charge in [-0.05, 0) is 45.6 Å². The molecule has 1 aromatic heterocycles. The highest BCUT2D eigenvalue weighted by Gasteiger charge is 2.07. The molecule has 94 valence electrons. The molecular formula is C13H11BrO3S. The quantitative estimate of drug-likeness (QED) is 0.908. The SMILES string of the molecule is O=C(O)c1ccc(OCCc2cccs2)c(Br)c1. The Hall–Kier alpha value is -1.33. The zero-order valence-electron chi connectivity index (χ0n) is 9.43. The van der Waals surface area contributed by atoms with E-state index in [2.05, 4.69) is 22.0 Å². The minimum Gasteiger partial charge on any atom is -0.492 e. The van der Waals surface area contributed by atoms with E-state index in [0.29, 0.717) is 16.8 Å². The molecule has 0 spiro atoms. The summed E-state index contributed by atoms with van der Waals surface area (Å²) >= 11 is 5.01. The Morgan fingerprint density at radius 3 is 2.83 bits per heavy atom. The molecule has 0 atom stereocenters. The molecule has 3 nitrogen and oxygen atoms in total.